The van der Waals surface area contributed by atoms with Crippen molar-refractivity contribution in [1.82, 2.24) is 9.97 Å². The quantitative estimate of drug-likeness (QED) is 0.542. The first-order valence-corrected chi connectivity index (χ1v) is 7.88. The van der Waals surface area contributed by atoms with Gasteiger partial charge in [-0.25, -0.2) is 4.98 Å². The zero-order chi connectivity index (χ0) is 20.9. The number of nitrogens with two attached hydrogens (primary N) is 1. The molecular formula is C15H26F3N3O6. The van der Waals surface area contributed by atoms with Crippen LogP contribution in [0.4, 0.5) is 19.0 Å². The van der Waals surface area contributed by atoms with E-state index in [0.29, 0.717) is 32.4 Å². The first kappa shape index (κ1) is 25.4. The fraction of sp³-hybridized carbons (Fsp3) is 0.733. The van der Waals surface area contributed by atoms with Crippen molar-refractivity contribution in [2.45, 2.75) is 30.9 Å². The molecule has 27 heavy (non-hydrogen) atoms. The van der Waals surface area contributed by atoms with Gasteiger partial charge in [0.05, 0.1) is 38.3 Å². The Hall–Kier alpha value is -1.57. The molecule has 3 atom stereocenters. The first-order chi connectivity index (χ1) is 12.7. The predicted molar refractivity (Wildman–Crippen MR) is 88.7 cm³/mol. The van der Waals surface area contributed by atoms with Gasteiger partial charge in [0.1, 0.15) is 18.0 Å². The third-order valence-corrected chi connectivity index (χ3v) is 3.09. The van der Waals surface area contributed by atoms with Gasteiger partial charge in [-0.15, -0.1) is 0 Å². The third kappa shape index (κ3) is 11.0. The van der Waals surface area contributed by atoms with Crippen molar-refractivity contribution in [3.63, 3.8) is 0 Å². The van der Waals surface area contributed by atoms with Crippen LogP contribution < -0.4 is 5.73 Å². The number of nitrogens with zero attached hydrogens (tertiary/aromatic N) is 2. The average Bonchev–Trinajstić information content (AvgIpc) is 2.60. The van der Waals surface area contributed by atoms with Crippen molar-refractivity contribution in [1.29, 1.82) is 0 Å². The van der Waals surface area contributed by atoms with E-state index in [9.17, 15) is 23.4 Å². The Morgan fingerprint density at radius 3 is 2.33 bits per heavy atom. The summed E-state index contributed by atoms with van der Waals surface area (Å²) < 4.78 is 49.8. The van der Waals surface area contributed by atoms with Gasteiger partial charge < -0.3 is 35.3 Å². The molecule has 0 saturated carbocycles. The third-order valence-electron chi connectivity index (χ3n) is 3.09. The molecule has 158 valence electrons. The van der Waals surface area contributed by atoms with Crippen molar-refractivity contribution < 1.29 is 42.7 Å². The van der Waals surface area contributed by atoms with E-state index in [2.05, 4.69) is 14.7 Å². The van der Waals surface area contributed by atoms with Crippen molar-refractivity contribution in [2.24, 2.45) is 0 Å². The Morgan fingerprint density at radius 1 is 1.26 bits per heavy atom. The Kier molecular flexibility index (Phi) is 12.8. The molecular weight excluding hydrogens is 375 g/mol. The molecule has 0 amide bonds. The molecule has 1 aromatic heterocycles. The van der Waals surface area contributed by atoms with Crippen molar-refractivity contribution in [3.05, 3.63) is 18.1 Å². The van der Waals surface area contributed by atoms with Gasteiger partial charge in [-0.3, -0.25) is 4.98 Å². The minimum Gasteiger partial charge on any atom is -0.394 e. The van der Waals surface area contributed by atoms with E-state index in [0.717, 1.165) is 6.20 Å². The number of aromatic nitrogens is 2. The molecule has 12 heteroatoms. The van der Waals surface area contributed by atoms with Crippen molar-refractivity contribution in [3.8, 4) is 0 Å². The van der Waals surface area contributed by atoms with Crippen LogP contribution in [0.2, 0.25) is 0 Å². The van der Waals surface area contributed by atoms with Gasteiger partial charge in [0.2, 0.25) is 0 Å². The van der Waals surface area contributed by atoms with Gasteiger partial charge in [0, 0.05) is 20.8 Å². The van der Waals surface area contributed by atoms with E-state index in [1.165, 1.54) is 7.11 Å². The van der Waals surface area contributed by atoms with Crippen molar-refractivity contribution >= 4 is 5.82 Å². The van der Waals surface area contributed by atoms with Crippen LogP contribution >= 0.6 is 0 Å². The lowest BCUT2D eigenvalue weighted by Crippen LogP contribution is -2.46. The lowest BCUT2D eigenvalue weighted by Gasteiger charge is -2.31. The number of hydrogen-bond donors (Lipinski definition) is 4. The zero-order valence-corrected chi connectivity index (χ0v) is 15.1. The monoisotopic (exact) mass is 401 g/mol. The molecule has 2 rings (SSSR count). The summed E-state index contributed by atoms with van der Waals surface area (Å²) in [5.74, 6) is -0.236. The fourth-order valence-corrected chi connectivity index (χ4v) is 1.78. The fourth-order valence-electron chi connectivity index (χ4n) is 1.78. The lowest BCUT2D eigenvalue weighted by atomic mass is 10.0. The molecule has 3 unspecified atom stereocenters. The topological polar surface area (TPSA) is 140 Å². The predicted octanol–water partition coefficient (Wildman–Crippen LogP) is -0.154. The number of ether oxygens (including phenoxy) is 3. The van der Waals surface area contributed by atoms with Crippen LogP contribution in [-0.4, -0.2) is 84.2 Å². The molecule has 2 heterocycles. The van der Waals surface area contributed by atoms with E-state index < -0.39 is 24.1 Å². The maximum absolute atomic E-state index is 11.8. The minimum absolute atomic E-state index is 0.122. The Balaban J connectivity index is 0.000000405. The van der Waals surface area contributed by atoms with E-state index in [1.807, 2.05) is 0 Å². The van der Waals surface area contributed by atoms with Gasteiger partial charge >= 0.3 is 6.18 Å². The molecule has 9 nitrogen and oxygen atoms in total. The highest BCUT2D eigenvalue weighted by molar-refractivity contribution is 5.24. The number of halogens is 3. The summed E-state index contributed by atoms with van der Waals surface area (Å²) in [5, 5.41) is 26.4. The summed E-state index contributed by atoms with van der Waals surface area (Å²) in [6.45, 7) is 1.39. The smallest absolute Gasteiger partial charge is 0.394 e. The standard InChI is InChI=1S/C7H14O4.C5H4F3N3.C3H8O2/c1-10-4-6-7(9)5(8)2-3-11-6;6-5(7,8)3-1-10-2-4(9)11-3;1-5-3-2-4/h5-9H,2-4H2,1H3;1-2H,(H2,9,11);4H,2-3H2,1H3. The summed E-state index contributed by atoms with van der Waals surface area (Å²) >= 11 is 0. The van der Waals surface area contributed by atoms with Gasteiger partial charge in [-0.1, -0.05) is 0 Å². The Bertz CT molecular complexity index is 506. The summed E-state index contributed by atoms with van der Waals surface area (Å²) in [7, 11) is 3.09. The maximum Gasteiger partial charge on any atom is 0.434 e. The minimum atomic E-state index is -4.47. The highest BCUT2D eigenvalue weighted by atomic mass is 19.4. The van der Waals surface area contributed by atoms with Gasteiger partial charge in [-0.2, -0.15) is 13.2 Å². The van der Waals surface area contributed by atoms with E-state index in [1.54, 1.807) is 7.11 Å². The molecule has 1 fully saturated rings. The number of alkyl halides is 3. The number of aliphatic hydroxyl groups excluding tert-OH is 3. The average molecular weight is 401 g/mol. The number of nitrogen functional groups attached to an aromatic ring is 1. The van der Waals surface area contributed by atoms with E-state index in [-0.39, 0.29) is 18.5 Å². The molecule has 0 bridgehead atoms. The highest BCUT2D eigenvalue weighted by Gasteiger charge is 2.33. The van der Waals surface area contributed by atoms with Gasteiger partial charge in [0.15, 0.2) is 5.69 Å². The van der Waals surface area contributed by atoms with Gasteiger partial charge in [-0.05, 0) is 6.42 Å². The van der Waals surface area contributed by atoms with Gasteiger partial charge in [0.25, 0.3) is 0 Å². The summed E-state index contributed by atoms with van der Waals surface area (Å²) in [6.07, 6.45) is -4.13. The largest absolute Gasteiger partial charge is 0.434 e. The van der Waals surface area contributed by atoms with Crippen LogP contribution in [0, 0.1) is 0 Å². The van der Waals surface area contributed by atoms with E-state index in [4.69, 9.17) is 20.3 Å². The number of rotatable bonds is 4. The SMILES string of the molecule is COCC1OCCC(O)C1O.COCCO.Nc1cncc(C(F)(F)F)n1. The van der Waals surface area contributed by atoms with Crippen LogP contribution in [0.3, 0.4) is 0 Å². The van der Waals surface area contributed by atoms with Crippen LogP contribution in [0.5, 0.6) is 0 Å². The first-order valence-electron chi connectivity index (χ1n) is 7.88. The van der Waals surface area contributed by atoms with Crippen LogP contribution in [0.25, 0.3) is 0 Å². The second kappa shape index (κ2) is 13.6. The number of anilines is 1. The Morgan fingerprint density at radius 2 is 1.93 bits per heavy atom. The van der Waals surface area contributed by atoms with Crippen molar-refractivity contribution in [2.75, 3.05) is 46.4 Å². The maximum atomic E-state index is 11.8. The normalized spacial score (nSPS) is 22.1. The molecule has 1 aromatic rings. The summed E-state index contributed by atoms with van der Waals surface area (Å²) in [5.41, 5.74) is 3.91. The molecule has 0 aliphatic carbocycles. The van der Waals surface area contributed by atoms with Crippen LogP contribution in [0.1, 0.15) is 12.1 Å². The number of hydrogen-bond acceptors (Lipinski definition) is 9. The Labute approximate surface area is 154 Å². The zero-order valence-electron chi connectivity index (χ0n) is 15.1. The molecule has 0 spiro atoms. The molecule has 1 saturated heterocycles. The summed E-state index contributed by atoms with van der Waals surface area (Å²) in [6, 6.07) is 0. The molecule has 0 radical (unpaired) electrons. The second-order valence-corrected chi connectivity index (χ2v) is 5.25. The number of aliphatic hydroxyl groups is 3. The molecule has 1 aliphatic heterocycles. The number of methoxy groups -OCH3 is 2. The molecule has 1 aliphatic rings. The highest BCUT2D eigenvalue weighted by Crippen LogP contribution is 2.26. The van der Waals surface area contributed by atoms with Crippen LogP contribution in [-0.2, 0) is 20.4 Å². The molecule has 0 aromatic carbocycles. The second-order valence-electron chi connectivity index (χ2n) is 5.25. The summed E-state index contributed by atoms with van der Waals surface area (Å²) in [4.78, 5) is 6.28. The lowest BCUT2D eigenvalue weighted by molar-refractivity contribution is -0.151. The molecule has 5 N–H and O–H groups in total. The van der Waals surface area contributed by atoms with E-state index >= 15 is 0 Å². The van der Waals surface area contributed by atoms with Crippen LogP contribution in [0.15, 0.2) is 12.4 Å².